The van der Waals surface area contributed by atoms with Gasteiger partial charge in [0.05, 0.1) is 0 Å². The van der Waals surface area contributed by atoms with E-state index in [4.69, 9.17) is 5.73 Å². The van der Waals surface area contributed by atoms with Crippen LogP contribution >= 0.6 is 0 Å². The van der Waals surface area contributed by atoms with Crippen molar-refractivity contribution in [3.8, 4) is 0 Å². The van der Waals surface area contributed by atoms with E-state index in [1.165, 1.54) is 12.1 Å². The highest BCUT2D eigenvalue weighted by atomic mass is 19.1. The quantitative estimate of drug-likeness (QED) is 0.783. The molecule has 0 aromatic heterocycles. The minimum atomic E-state index is -0.209. The summed E-state index contributed by atoms with van der Waals surface area (Å²) in [5, 5.41) is 3.26. The molecule has 0 aliphatic heterocycles. The predicted octanol–water partition coefficient (Wildman–Crippen LogP) is 2.47. The lowest BCUT2D eigenvalue weighted by atomic mass is 9.96. The highest BCUT2D eigenvalue weighted by molar-refractivity contribution is 5.42. The van der Waals surface area contributed by atoms with Gasteiger partial charge in [0, 0.05) is 12.2 Å². The lowest BCUT2D eigenvalue weighted by molar-refractivity contribution is 0.413. The molecule has 0 saturated carbocycles. The Morgan fingerprint density at radius 3 is 2.33 bits per heavy atom. The summed E-state index contributed by atoms with van der Waals surface area (Å²) in [6.45, 7) is 5.82. The van der Waals surface area contributed by atoms with Gasteiger partial charge in [-0.15, -0.1) is 0 Å². The molecule has 0 amide bonds. The van der Waals surface area contributed by atoms with Gasteiger partial charge in [-0.25, -0.2) is 4.39 Å². The molecule has 0 aliphatic carbocycles. The van der Waals surface area contributed by atoms with Crippen LogP contribution in [0.15, 0.2) is 24.3 Å². The highest BCUT2D eigenvalue weighted by Crippen LogP contribution is 2.12. The van der Waals surface area contributed by atoms with E-state index >= 15 is 0 Å². The van der Waals surface area contributed by atoms with Crippen LogP contribution in [0.25, 0.3) is 0 Å². The van der Waals surface area contributed by atoms with Gasteiger partial charge < -0.3 is 11.1 Å². The summed E-state index contributed by atoms with van der Waals surface area (Å²) in [4.78, 5) is 0. The molecule has 84 valence electrons. The molecule has 0 fully saturated rings. The molecule has 0 saturated heterocycles. The smallest absolute Gasteiger partial charge is 0.123 e. The van der Waals surface area contributed by atoms with Crippen LogP contribution in [0.2, 0.25) is 0 Å². The highest BCUT2D eigenvalue weighted by Gasteiger charge is 2.10. The zero-order valence-corrected chi connectivity index (χ0v) is 9.33. The third kappa shape index (κ3) is 3.88. The molecule has 1 unspecified atom stereocenters. The van der Waals surface area contributed by atoms with Crippen molar-refractivity contribution in [2.24, 2.45) is 17.6 Å². The molecular formula is C12H19FN2. The largest absolute Gasteiger partial charge is 0.385 e. The van der Waals surface area contributed by atoms with Gasteiger partial charge in [-0.3, -0.25) is 0 Å². The van der Waals surface area contributed by atoms with Gasteiger partial charge in [-0.1, -0.05) is 13.8 Å². The Balaban J connectivity index is 2.45. The first-order valence-corrected chi connectivity index (χ1v) is 5.33. The monoisotopic (exact) mass is 210 g/mol. The van der Waals surface area contributed by atoms with Crippen molar-refractivity contribution in [2.45, 2.75) is 13.8 Å². The predicted molar refractivity (Wildman–Crippen MR) is 62.3 cm³/mol. The van der Waals surface area contributed by atoms with Gasteiger partial charge in [0.15, 0.2) is 0 Å². The maximum absolute atomic E-state index is 12.6. The maximum atomic E-state index is 12.6. The summed E-state index contributed by atoms with van der Waals surface area (Å²) in [6, 6.07) is 6.39. The third-order valence-corrected chi connectivity index (χ3v) is 2.66. The summed E-state index contributed by atoms with van der Waals surface area (Å²) < 4.78 is 12.6. The fraction of sp³-hybridized carbons (Fsp3) is 0.500. The topological polar surface area (TPSA) is 38.0 Å². The first-order valence-electron chi connectivity index (χ1n) is 5.33. The number of benzene rings is 1. The molecule has 0 bridgehead atoms. The molecule has 0 aliphatic rings. The Hall–Kier alpha value is -1.09. The molecule has 1 aromatic rings. The second-order valence-electron chi connectivity index (χ2n) is 4.13. The normalized spacial score (nSPS) is 12.9. The van der Waals surface area contributed by atoms with Crippen LogP contribution in [0.5, 0.6) is 0 Å². The number of anilines is 1. The van der Waals surface area contributed by atoms with Crippen molar-refractivity contribution in [1.29, 1.82) is 0 Å². The Kier molecular flexibility index (Phi) is 4.56. The van der Waals surface area contributed by atoms with E-state index in [-0.39, 0.29) is 5.82 Å². The minimum Gasteiger partial charge on any atom is -0.385 e. The number of hydrogen-bond donors (Lipinski definition) is 2. The summed E-state index contributed by atoms with van der Waals surface area (Å²) in [5.74, 6) is 0.804. The molecular weight excluding hydrogens is 191 g/mol. The van der Waals surface area contributed by atoms with E-state index in [9.17, 15) is 4.39 Å². The molecule has 0 spiro atoms. The van der Waals surface area contributed by atoms with Crippen molar-refractivity contribution in [3.63, 3.8) is 0 Å². The van der Waals surface area contributed by atoms with Gasteiger partial charge in [0.2, 0.25) is 0 Å². The lowest BCUT2D eigenvalue weighted by Crippen LogP contribution is -2.27. The molecule has 3 N–H and O–H groups in total. The van der Waals surface area contributed by atoms with E-state index in [1.54, 1.807) is 12.1 Å². The Morgan fingerprint density at radius 2 is 1.87 bits per heavy atom. The molecule has 15 heavy (non-hydrogen) atoms. The molecule has 1 atom stereocenters. The van der Waals surface area contributed by atoms with Crippen LogP contribution in [-0.2, 0) is 0 Å². The molecule has 0 radical (unpaired) electrons. The number of hydrogen-bond acceptors (Lipinski definition) is 2. The number of nitrogens with one attached hydrogen (secondary N) is 1. The summed E-state index contributed by atoms with van der Waals surface area (Å²) in [5.41, 5.74) is 6.60. The van der Waals surface area contributed by atoms with Crippen molar-refractivity contribution in [1.82, 2.24) is 0 Å². The summed E-state index contributed by atoms with van der Waals surface area (Å²) >= 11 is 0. The van der Waals surface area contributed by atoms with E-state index in [0.29, 0.717) is 18.4 Å². The van der Waals surface area contributed by atoms with Crippen LogP contribution in [0.3, 0.4) is 0 Å². The Bertz CT molecular complexity index is 282. The lowest BCUT2D eigenvalue weighted by Gasteiger charge is -2.19. The van der Waals surface area contributed by atoms with E-state index < -0.39 is 0 Å². The van der Waals surface area contributed by atoms with Crippen molar-refractivity contribution >= 4 is 5.69 Å². The zero-order valence-electron chi connectivity index (χ0n) is 9.33. The Morgan fingerprint density at radius 1 is 1.27 bits per heavy atom. The maximum Gasteiger partial charge on any atom is 0.123 e. The van der Waals surface area contributed by atoms with Crippen LogP contribution in [0.1, 0.15) is 13.8 Å². The van der Waals surface area contributed by atoms with Gasteiger partial charge in [0.1, 0.15) is 5.82 Å². The minimum absolute atomic E-state index is 0.209. The van der Waals surface area contributed by atoms with Gasteiger partial charge in [0.25, 0.3) is 0 Å². The van der Waals surface area contributed by atoms with Gasteiger partial charge >= 0.3 is 0 Å². The first-order chi connectivity index (χ1) is 7.13. The molecule has 0 heterocycles. The average Bonchev–Trinajstić information content (AvgIpc) is 2.21. The van der Waals surface area contributed by atoms with Crippen LogP contribution in [0.4, 0.5) is 10.1 Å². The van der Waals surface area contributed by atoms with Gasteiger partial charge in [-0.05, 0) is 42.6 Å². The number of halogens is 1. The average molecular weight is 210 g/mol. The third-order valence-electron chi connectivity index (χ3n) is 2.66. The fourth-order valence-corrected chi connectivity index (χ4v) is 1.41. The molecule has 1 rings (SSSR count). The number of nitrogens with two attached hydrogens (primary N) is 1. The van der Waals surface area contributed by atoms with Crippen LogP contribution < -0.4 is 11.1 Å². The zero-order chi connectivity index (χ0) is 11.3. The second kappa shape index (κ2) is 5.71. The SMILES string of the molecule is CC(C)C(CN)CNc1ccc(F)cc1. The van der Waals surface area contributed by atoms with E-state index in [0.717, 1.165) is 12.2 Å². The second-order valence-corrected chi connectivity index (χ2v) is 4.13. The fourth-order valence-electron chi connectivity index (χ4n) is 1.41. The number of rotatable bonds is 5. The molecule has 1 aromatic carbocycles. The van der Waals surface area contributed by atoms with Crippen molar-refractivity contribution < 1.29 is 4.39 Å². The van der Waals surface area contributed by atoms with Crippen LogP contribution in [0, 0.1) is 17.7 Å². The Labute approximate surface area is 90.7 Å². The molecule has 3 heteroatoms. The standard InChI is InChI=1S/C12H19FN2/c1-9(2)10(7-14)8-15-12-5-3-11(13)4-6-12/h3-6,9-10,15H,7-8,14H2,1-2H3. The first kappa shape index (κ1) is 12.0. The van der Waals surface area contributed by atoms with E-state index in [2.05, 4.69) is 19.2 Å². The van der Waals surface area contributed by atoms with Crippen LogP contribution in [-0.4, -0.2) is 13.1 Å². The van der Waals surface area contributed by atoms with Crippen molar-refractivity contribution in [3.05, 3.63) is 30.1 Å². The summed E-state index contributed by atoms with van der Waals surface area (Å²) in [6.07, 6.45) is 0. The van der Waals surface area contributed by atoms with E-state index in [1.807, 2.05) is 0 Å². The van der Waals surface area contributed by atoms with Crippen molar-refractivity contribution in [2.75, 3.05) is 18.4 Å². The van der Waals surface area contributed by atoms with Gasteiger partial charge in [-0.2, -0.15) is 0 Å². The summed E-state index contributed by atoms with van der Waals surface area (Å²) in [7, 11) is 0. The molecule has 2 nitrogen and oxygen atoms in total.